The molecule has 6 unspecified atom stereocenters. The van der Waals surface area contributed by atoms with Crippen LogP contribution in [-0.4, -0.2) is 80.7 Å². The Morgan fingerprint density at radius 3 is 2.33 bits per heavy atom. The number of phosphoric acid groups is 3. The SMILES string of the molecule is COOP(=O)(OCC1OC(n2cnc3c(N)ncnc32)C(OC)C1O)OP(=O)(OOC)OP(=O)(O)O. The molecule has 3 rings (SSSR count). The fourth-order valence-electron chi connectivity index (χ4n) is 3.09. The highest BCUT2D eigenvalue weighted by atomic mass is 31.3. The molecule has 0 spiro atoms. The van der Waals surface area contributed by atoms with Crippen LogP contribution in [0.25, 0.3) is 11.2 Å². The molecule has 36 heavy (non-hydrogen) atoms. The van der Waals surface area contributed by atoms with Crippen LogP contribution in [0.5, 0.6) is 0 Å². The zero-order chi connectivity index (χ0) is 26.7. The van der Waals surface area contributed by atoms with E-state index in [1.165, 1.54) is 24.3 Å². The van der Waals surface area contributed by atoms with Crippen LogP contribution >= 0.6 is 23.5 Å². The molecule has 1 saturated heterocycles. The molecular weight excluding hydrogens is 559 g/mol. The standard InChI is InChI=1S/C13H22N5O15P3/c1-25-10-9(19)7(29-13(10)18-6-17-8-11(14)15-5-16-12(8)18)4-28-35(23,30-26-2)33-36(24,31-27-3)32-34(20,21)22/h5-7,9-10,13,19H,4H2,1-3H3,(H2,14,15,16)(H2,20,21,22). The molecule has 0 aliphatic carbocycles. The number of nitrogens with zero attached hydrogens (tertiary/aromatic N) is 4. The van der Waals surface area contributed by atoms with Gasteiger partial charge in [0, 0.05) is 7.11 Å². The lowest BCUT2D eigenvalue weighted by Crippen LogP contribution is -2.35. The molecule has 20 nitrogen and oxygen atoms in total. The highest BCUT2D eigenvalue weighted by Gasteiger charge is 2.50. The average Bonchev–Trinajstić information content (AvgIpc) is 3.32. The van der Waals surface area contributed by atoms with E-state index in [0.29, 0.717) is 0 Å². The van der Waals surface area contributed by atoms with Crippen LogP contribution in [0, 0.1) is 0 Å². The first-order valence-electron chi connectivity index (χ1n) is 9.42. The smallest absolute Gasteiger partial charge is 0.387 e. The van der Waals surface area contributed by atoms with Gasteiger partial charge in [0.1, 0.15) is 30.2 Å². The lowest BCUT2D eigenvalue weighted by molar-refractivity contribution is -0.210. The Labute approximate surface area is 201 Å². The van der Waals surface area contributed by atoms with E-state index < -0.39 is 54.6 Å². The van der Waals surface area contributed by atoms with Crippen molar-refractivity contribution in [2.75, 3.05) is 33.7 Å². The van der Waals surface area contributed by atoms with E-state index in [2.05, 4.69) is 42.7 Å². The van der Waals surface area contributed by atoms with Gasteiger partial charge in [0.05, 0.1) is 27.2 Å². The number of hydrogen-bond acceptors (Lipinski definition) is 17. The zero-order valence-corrected chi connectivity index (χ0v) is 21.3. The number of methoxy groups -OCH3 is 1. The second kappa shape index (κ2) is 11.5. The van der Waals surface area contributed by atoms with E-state index in [9.17, 15) is 18.8 Å². The van der Waals surface area contributed by atoms with Crippen LogP contribution in [0.3, 0.4) is 0 Å². The highest BCUT2D eigenvalue weighted by Crippen LogP contribution is 2.70. The molecule has 23 heteroatoms. The van der Waals surface area contributed by atoms with Crippen molar-refractivity contribution < 1.29 is 70.3 Å². The Hall–Kier alpha value is -1.44. The van der Waals surface area contributed by atoms with Crippen molar-refractivity contribution in [3.05, 3.63) is 12.7 Å². The zero-order valence-electron chi connectivity index (χ0n) is 18.6. The Bertz CT molecular complexity index is 1190. The number of imidazole rings is 1. The van der Waals surface area contributed by atoms with Crippen molar-refractivity contribution in [2.24, 2.45) is 0 Å². The first kappa shape index (κ1) is 29.1. The number of aliphatic hydroxyl groups excluding tert-OH is 1. The summed E-state index contributed by atoms with van der Waals surface area (Å²) >= 11 is 0. The number of aromatic nitrogens is 4. The van der Waals surface area contributed by atoms with Gasteiger partial charge in [-0.2, -0.15) is 8.62 Å². The van der Waals surface area contributed by atoms with Crippen molar-refractivity contribution >= 4 is 40.4 Å². The summed E-state index contributed by atoms with van der Waals surface area (Å²) in [6, 6.07) is 0. The minimum Gasteiger partial charge on any atom is -0.387 e. The number of hydrogen-bond donors (Lipinski definition) is 4. The predicted molar refractivity (Wildman–Crippen MR) is 112 cm³/mol. The van der Waals surface area contributed by atoms with Crippen molar-refractivity contribution in [3.8, 4) is 0 Å². The molecule has 2 aromatic heterocycles. The molecule has 3 heterocycles. The topological polar surface area (TPSA) is 265 Å². The van der Waals surface area contributed by atoms with Crippen molar-refractivity contribution in [1.82, 2.24) is 19.5 Å². The molecular formula is C13H22N5O15P3. The van der Waals surface area contributed by atoms with E-state index >= 15 is 0 Å². The maximum atomic E-state index is 12.9. The number of anilines is 1. The normalized spacial score (nSPS) is 26.2. The van der Waals surface area contributed by atoms with E-state index in [1.54, 1.807) is 0 Å². The number of ether oxygens (including phenoxy) is 2. The monoisotopic (exact) mass is 581 g/mol. The summed E-state index contributed by atoms with van der Waals surface area (Å²) in [4.78, 5) is 38.2. The molecule has 0 bridgehead atoms. The summed E-state index contributed by atoms with van der Waals surface area (Å²) in [5.41, 5.74) is 6.30. The van der Waals surface area contributed by atoms with Gasteiger partial charge in [0.15, 0.2) is 17.7 Å². The van der Waals surface area contributed by atoms with Gasteiger partial charge in [-0.15, -0.1) is 9.35 Å². The Morgan fingerprint density at radius 1 is 1.06 bits per heavy atom. The van der Waals surface area contributed by atoms with Crippen LogP contribution in [0.15, 0.2) is 12.7 Å². The van der Waals surface area contributed by atoms with E-state index in [-0.39, 0.29) is 17.0 Å². The van der Waals surface area contributed by atoms with Gasteiger partial charge in [-0.25, -0.2) is 38.4 Å². The van der Waals surface area contributed by atoms with Crippen LogP contribution in [-0.2, 0) is 55.4 Å². The summed E-state index contributed by atoms with van der Waals surface area (Å²) in [7, 11) is -13.1. The minimum atomic E-state index is -5.52. The first-order chi connectivity index (χ1) is 16.9. The van der Waals surface area contributed by atoms with Crippen LogP contribution in [0.4, 0.5) is 5.82 Å². The summed E-state index contributed by atoms with van der Waals surface area (Å²) in [6.07, 6.45) is -2.26. The second-order valence-electron chi connectivity index (χ2n) is 6.67. The first-order valence-corrected chi connectivity index (χ1v) is 13.9. The Balaban J connectivity index is 1.80. The van der Waals surface area contributed by atoms with E-state index in [1.807, 2.05) is 0 Å². The average molecular weight is 581 g/mol. The summed E-state index contributed by atoms with van der Waals surface area (Å²) < 4.78 is 70.7. The van der Waals surface area contributed by atoms with Crippen molar-refractivity contribution in [1.29, 1.82) is 0 Å². The molecule has 204 valence electrons. The molecule has 6 atom stereocenters. The highest BCUT2D eigenvalue weighted by molar-refractivity contribution is 7.67. The van der Waals surface area contributed by atoms with Crippen LogP contribution < -0.4 is 5.73 Å². The molecule has 1 aliphatic rings. The van der Waals surface area contributed by atoms with Gasteiger partial charge in [-0.1, -0.05) is 0 Å². The second-order valence-corrected chi connectivity index (χ2v) is 11.3. The summed E-state index contributed by atoms with van der Waals surface area (Å²) in [5.74, 6) is 0.0983. The lowest BCUT2D eigenvalue weighted by atomic mass is 10.1. The van der Waals surface area contributed by atoms with Gasteiger partial charge in [0.25, 0.3) is 0 Å². The maximum absolute atomic E-state index is 12.9. The number of rotatable bonds is 13. The van der Waals surface area contributed by atoms with Crippen molar-refractivity contribution in [3.63, 3.8) is 0 Å². The Morgan fingerprint density at radius 2 is 1.72 bits per heavy atom. The van der Waals surface area contributed by atoms with Gasteiger partial charge in [0.2, 0.25) is 0 Å². The number of nitrogen functional groups attached to an aromatic ring is 1. The van der Waals surface area contributed by atoms with Gasteiger partial charge in [-0.3, -0.25) is 9.09 Å². The molecule has 0 amide bonds. The third-order valence-corrected chi connectivity index (χ3v) is 8.76. The molecule has 0 radical (unpaired) electrons. The molecule has 2 aromatic rings. The van der Waals surface area contributed by atoms with Crippen molar-refractivity contribution in [2.45, 2.75) is 24.5 Å². The number of fused-ring (bicyclic) bond motifs is 1. The largest absolute Gasteiger partial charge is 0.519 e. The predicted octanol–water partition coefficient (Wildman–Crippen LogP) is 0.197. The lowest BCUT2D eigenvalue weighted by Gasteiger charge is -2.22. The maximum Gasteiger partial charge on any atom is 0.519 e. The fraction of sp³-hybridized carbons (Fsp3) is 0.615. The molecule has 0 aromatic carbocycles. The summed E-state index contributed by atoms with van der Waals surface area (Å²) in [5, 5.41) is 10.7. The van der Waals surface area contributed by atoms with Gasteiger partial charge < -0.3 is 30.1 Å². The molecule has 5 N–H and O–H groups in total. The fourth-order valence-corrected chi connectivity index (χ4v) is 6.75. The quantitative estimate of drug-likeness (QED) is 0.140. The number of nitrogens with two attached hydrogens (primary N) is 1. The van der Waals surface area contributed by atoms with E-state index in [4.69, 9.17) is 29.5 Å². The number of aliphatic hydroxyl groups is 1. The van der Waals surface area contributed by atoms with Gasteiger partial charge >= 0.3 is 23.5 Å². The van der Waals surface area contributed by atoms with Gasteiger partial charge in [-0.05, 0) is 0 Å². The van der Waals surface area contributed by atoms with Crippen LogP contribution in [0.1, 0.15) is 6.23 Å². The minimum absolute atomic E-state index is 0.0983. The third-order valence-electron chi connectivity index (χ3n) is 4.38. The van der Waals surface area contributed by atoms with E-state index in [0.717, 1.165) is 14.2 Å². The molecule has 1 fully saturated rings. The third kappa shape index (κ3) is 6.70. The molecule has 0 saturated carbocycles. The van der Waals surface area contributed by atoms with Crippen LogP contribution in [0.2, 0.25) is 0 Å². The summed E-state index contributed by atoms with van der Waals surface area (Å²) in [6.45, 7) is -0.787. The Kier molecular flexibility index (Phi) is 9.32. The molecule has 1 aliphatic heterocycles.